The van der Waals surface area contributed by atoms with Crippen molar-refractivity contribution in [2.75, 3.05) is 13.2 Å². The highest BCUT2D eigenvalue weighted by molar-refractivity contribution is 5.27. The standard InChI is InChI=1S/C10H15NO.3C2H6/c1-2-9-3-5-10(6-4-9)12-8-7-11;3*1-2/h3-6H,2,7-8,11H2,1H3;3*1-2H3. The number of aryl methyl sites for hydroxylation is 1. The van der Waals surface area contributed by atoms with Gasteiger partial charge in [0.1, 0.15) is 12.4 Å². The molecule has 2 heteroatoms. The summed E-state index contributed by atoms with van der Waals surface area (Å²) in [6, 6.07) is 8.11. The van der Waals surface area contributed by atoms with Gasteiger partial charge in [0.2, 0.25) is 0 Å². The molecular formula is C16H33NO. The minimum Gasteiger partial charge on any atom is -0.492 e. The highest BCUT2D eigenvalue weighted by atomic mass is 16.5. The lowest BCUT2D eigenvalue weighted by Crippen LogP contribution is -2.10. The third-order valence-corrected chi connectivity index (χ3v) is 1.72. The van der Waals surface area contributed by atoms with E-state index >= 15 is 0 Å². The molecule has 0 fully saturated rings. The summed E-state index contributed by atoms with van der Waals surface area (Å²) in [5.41, 5.74) is 6.64. The summed E-state index contributed by atoms with van der Waals surface area (Å²) < 4.78 is 5.33. The maximum absolute atomic E-state index is 5.33. The Morgan fingerprint density at radius 2 is 1.33 bits per heavy atom. The van der Waals surface area contributed by atoms with E-state index in [1.807, 2.05) is 53.7 Å². The molecule has 18 heavy (non-hydrogen) atoms. The molecule has 2 nitrogen and oxygen atoms in total. The fraction of sp³-hybridized carbons (Fsp3) is 0.625. The average molecular weight is 255 g/mol. The molecule has 0 bridgehead atoms. The van der Waals surface area contributed by atoms with E-state index in [4.69, 9.17) is 10.5 Å². The Morgan fingerprint density at radius 1 is 0.889 bits per heavy atom. The zero-order valence-electron chi connectivity index (χ0n) is 13.4. The van der Waals surface area contributed by atoms with Gasteiger partial charge in [0, 0.05) is 6.54 Å². The van der Waals surface area contributed by atoms with Gasteiger partial charge in [0.25, 0.3) is 0 Å². The van der Waals surface area contributed by atoms with Crippen LogP contribution in [0.5, 0.6) is 5.75 Å². The highest BCUT2D eigenvalue weighted by Crippen LogP contribution is 2.11. The van der Waals surface area contributed by atoms with E-state index in [-0.39, 0.29) is 0 Å². The molecule has 0 unspecified atom stereocenters. The van der Waals surface area contributed by atoms with Crippen LogP contribution >= 0.6 is 0 Å². The van der Waals surface area contributed by atoms with Crippen LogP contribution in [0.1, 0.15) is 54.0 Å². The molecule has 0 aliphatic heterocycles. The number of nitrogens with two attached hydrogens (primary N) is 1. The maximum Gasteiger partial charge on any atom is 0.119 e. The molecule has 2 N–H and O–H groups in total. The second kappa shape index (κ2) is 21.3. The normalized spacial score (nSPS) is 7.56. The topological polar surface area (TPSA) is 35.2 Å². The van der Waals surface area contributed by atoms with E-state index in [1.165, 1.54) is 5.56 Å². The third kappa shape index (κ3) is 13.0. The van der Waals surface area contributed by atoms with Crippen molar-refractivity contribution in [2.45, 2.75) is 54.9 Å². The van der Waals surface area contributed by atoms with Gasteiger partial charge in [0.15, 0.2) is 0 Å². The lowest BCUT2D eigenvalue weighted by Gasteiger charge is -2.04. The van der Waals surface area contributed by atoms with Crippen LogP contribution in [0.25, 0.3) is 0 Å². The Kier molecular flexibility index (Phi) is 26.2. The zero-order valence-corrected chi connectivity index (χ0v) is 13.4. The highest BCUT2D eigenvalue weighted by Gasteiger charge is 1.92. The van der Waals surface area contributed by atoms with Crippen molar-refractivity contribution in [2.24, 2.45) is 5.73 Å². The minimum atomic E-state index is 0.565. The molecule has 0 aromatic heterocycles. The Hall–Kier alpha value is -1.02. The van der Waals surface area contributed by atoms with E-state index in [9.17, 15) is 0 Å². The molecular weight excluding hydrogens is 222 g/mol. The van der Waals surface area contributed by atoms with Crippen molar-refractivity contribution in [1.82, 2.24) is 0 Å². The van der Waals surface area contributed by atoms with Crippen molar-refractivity contribution in [3.8, 4) is 5.75 Å². The van der Waals surface area contributed by atoms with Crippen molar-refractivity contribution >= 4 is 0 Å². The average Bonchev–Trinajstić information content (AvgIpc) is 2.51. The fourth-order valence-corrected chi connectivity index (χ4v) is 0.998. The first-order chi connectivity index (χ1) is 8.86. The van der Waals surface area contributed by atoms with Crippen LogP contribution in [-0.2, 0) is 6.42 Å². The second-order valence-corrected chi connectivity index (χ2v) is 2.63. The molecule has 0 saturated carbocycles. The van der Waals surface area contributed by atoms with Gasteiger partial charge in [0.05, 0.1) is 0 Å². The molecule has 0 heterocycles. The number of rotatable bonds is 4. The van der Waals surface area contributed by atoms with Gasteiger partial charge < -0.3 is 10.5 Å². The zero-order chi connectivity index (χ0) is 14.8. The third-order valence-electron chi connectivity index (χ3n) is 1.72. The fourth-order valence-electron chi connectivity index (χ4n) is 0.998. The van der Waals surface area contributed by atoms with Crippen molar-refractivity contribution in [1.29, 1.82) is 0 Å². The smallest absolute Gasteiger partial charge is 0.119 e. The molecule has 0 aliphatic rings. The monoisotopic (exact) mass is 255 g/mol. The molecule has 0 spiro atoms. The van der Waals surface area contributed by atoms with Crippen LogP contribution in [0.3, 0.4) is 0 Å². The maximum atomic E-state index is 5.33. The first-order valence-electron chi connectivity index (χ1n) is 7.28. The molecule has 0 aliphatic carbocycles. The molecule has 1 rings (SSSR count). The van der Waals surface area contributed by atoms with Crippen LogP contribution in [0.15, 0.2) is 24.3 Å². The van der Waals surface area contributed by atoms with Crippen LogP contribution in [-0.4, -0.2) is 13.2 Å². The number of ether oxygens (including phenoxy) is 1. The number of hydrogen-bond acceptors (Lipinski definition) is 2. The van der Waals surface area contributed by atoms with E-state index in [2.05, 4.69) is 19.1 Å². The largest absolute Gasteiger partial charge is 0.492 e. The first kappa shape index (κ1) is 22.2. The molecule has 1 aromatic rings. The summed E-state index contributed by atoms with van der Waals surface area (Å²) in [6.07, 6.45) is 1.07. The molecule has 0 saturated heterocycles. The number of benzene rings is 1. The van der Waals surface area contributed by atoms with Crippen molar-refractivity contribution in [3.63, 3.8) is 0 Å². The number of hydrogen-bond donors (Lipinski definition) is 1. The van der Waals surface area contributed by atoms with Crippen molar-refractivity contribution < 1.29 is 4.74 Å². The van der Waals surface area contributed by atoms with E-state index in [0.717, 1.165) is 12.2 Å². The van der Waals surface area contributed by atoms with Crippen LogP contribution in [0.2, 0.25) is 0 Å². The summed E-state index contributed by atoms with van der Waals surface area (Å²) in [4.78, 5) is 0. The van der Waals surface area contributed by atoms with Gasteiger partial charge in [-0.3, -0.25) is 0 Å². The summed E-state index contributed by atoms with van der Waals surface area (Å²) >= 11 is 0. The van der Waals surface area contributed by atoms with Crippen LogP contribution in [0, 0.1) is 0 Å². The molecule has 0 radical (unpaired) electrons. The first-order valence-corrected chi connectivity index (χ1v) is 7.28. The summed E-state index contributed by atoms with van der Waals surface area (Å²) in [7, 11) is 0. The van der Waals surface area contributed by atoms with Crippen molar-refractivity contribution in [3.05, 3.63) is 29.8 Å². The Morgan fingerprint density at radius 3 is 1.67 bits per heavy atom. The van der Waals surface area contributed by atoms with Gasteiger partial charge in [-0.15, -0.1) is 0 Å². The van der Waals surface area contributed by atoms with Gasteiger partial charge in [-0.25, -0.2) is 0 Å². The molecule has 0 amide bonds. The van der Waals surface area contributed by atoms with Gasteiger partial charge in [-0.05, 0) is 24.1 Å². The Balaban J connectivity index is -0.000000328. The van der Waals surface area contributed by atoms with Gasteiger partial charge in [-0.2, -0.15) is 0 Å². The lowest BCUT2D eigenvalue weighted by molar-refractivity contribution is 0.328. The Bertz CT molecular complexity index is 219. The van der Waals surface area contributed by atoms with E-state index in [1.54, 1.807) is 0 Å². The quantitative estimate of drug-likeness (QED) is 0.849. The van der Waals surface area contributed by atoms with Gasteiger partial charge >= 0.3 is 0 Å². The predicted molar refractivity (Wildman–Crippen MR) is 84.4 cm³/mol. The van der Waals surface area contributed by atoms with Gasteiger partial charge in [-0.1, -0.05) is 60.6 Å². The summed E-state index contributed by atoms with van der Waals surface area (Å²) in [5, 5.41) is 0. The van der Waals surface area contributed by atoms with E-state index in [0.29, 0.717) is 13.2 Å². The lowest BCUT2D eigenvalue weighted by atomic mass is 10.2. The molecule has 0 atom stereocenters. The summed E-state index contributed by atoms with van der Waals surface area (Å²) in [5.74, 6) is 0.901. The molecule has 108 valence electrons. The summed E-state index contributed by atoms with van der Waals surface area (Å²) in [6.45, 7) is 15.3. The van der Waals surface area contributed by atoms with Crippen LogP contribution in [0.4, 0.5) is 0 Å². The molecule has 1 aromatic carbocycles. The minimum absolute atomic E-state index is 0.565. The SMILES string of the molecule is CC.CC.CC.CCc1ccc(OCCN)cc1. The second-order valence-electron chi connectivity index (χ2n) is 2.63. The predicted octanol–water partition coefficient (Wildman–Crippen LogP) is 4.67. The Labute approximate surface area is 115 Å². The van der Waals surface area contributed by atoms with E-state index < -0.39 is 0 Å². The van der Waals surface area contributed by atoms with Crippen LogP contribution < -0.4 is 10.5 Å².